The first kappa shape index (κ1) is 25.6. The zero-order valence-electron chi connectivity index (χ0n) is 20.3. The average Bonchev–Trinajstić information content (AvgIpc) is 3.54. The van der Waals surface area contributed by atoms with Gasteiger partial charge in [-0.1, -0.05) is 26.0 Å². The van der Waals surface area contributed by atoms with Crippen LogP contribution in [0.3, 0.4) is 0 Å². The number of aryl methyl sites for hydroxylation is 1. The molecule has 0 aliphatic heterocycles. The summed E-state index contributed by atoms with van der Waals surface area (Å²) in [6.45, 7) is 6.94. The van der Waals surface area contributed by atoms with Gasteiger partial charge >= 0.3 is 0 Å². The summed E-state index contributed by atoms with van der Waals surface area (Å²) in [7, 11) is 0.126. The molecule has 0 amide bonds. The van der Waals surface area contributed by atoms with E-state index in [1.54, 1.807) is 13.3 Å². The second-order valence-electron chi connectivity index (χ2n) is 8.28. The molecule has 2 aromatic heterocycles. The Morgan fingerprint density at radius 1 is 1.26 bits per heavy atom. The van der Waals surface area contributed by atoms with Crippen LogP contribution >= 0.6 is 12.3 Å². The van der Waals surface area contributed by atoms with Gasteiger partial charge in [0.1, 0.15) is 0 Å². The number of ether oxygens (including phenoxy) is 1. The van der Waals surface area contributed by atoms with Crippen molar-refractivity contribution in [1.29, 1.82) is 0 Å². The molecule has 11 heteroatoms. The van der Waals surface area contributed by atoms with Crippen LogP contribution in [0.2, 0.25) is 0 Å². The third-order valence-electron chi connectivity index (χ3n) is 6.29. The number of nitrogens with one attached hydrogen (secondary N) is 1. The van der Waals surface area contributed by atoms with Crippen LogP contribution in [0, 0.1) is 0 Å². The smallest absolute Gasteiger partial charge is 0.248 e. The van der Waals surface area contributed by atoms with E-state index in [2.05, 4.69) is 51.3 Å². The molecule has 3 aromatic rings. The number of pyridine rings is 1. The van der Waals surface area contributed by atoms with Gasteiger partial charge < -0.3 is 15.0 Å². The fourth-order valence-electron chi connectivity index (χ4n) is 4.42. The van der Waals surface area contributed by atoms with Crippen LogP contribution in [-0.4, -0.2) is 60.8 Å². The van der Waals surface area contributed by atoms with E-state index in [9.17, 15) is 8.09 Å². The number of halogens is 1. The second kappa shape index (κ2) is 12.0. The lowest BCUT2D eigenvalue weighted by molar-refractivity contribution is 0.305. The zero-order valence-corrected chi connectivity index (χ0v) is 21.9. The Kier molecular flexibility index (Phi) is 8.74. The number of hydrogen-bond donors (Lipinski definition) is 1. The standard InChI is InChI=1S/C24H31FN6O2S2/c1-4-30(5-2)14-7-15-35(32)24-28-23(29-31(24)34-25)27-22-19-9-6-8-17(19)10-11-20(22)18-12-13-26-21(16-18)33-3/h10-13,16H,4-9,14-15H2,1-3H3,(H,27,29). The molecule has 1 aliphatic carbocycles. The van der Waals surface area contributed by atoms with E-state index in [0.29, 0.717) is 11.6 Å². The van der Waals surface area contributed by atoms with Crippen LogP contribution < -0.4 is 10.1 Å². The van der Waals surface area contributed by atoms with Crippen LogP contribution in [-0.2, 0) is 23.6 Å². The van der Waals surface area contributed by atoms with E-state index in [4.69, 9.17) is 4.74 Å². The zero-order chi connectivity index (χ0) is 24.8. The molecule has 4 rings (SSSR count). The molecular weight excluding hydrogens is 487 g/mol. The van der Waals surface area contributed by atoms with Crippen molar-refractivity contribution in [2.24, 2.45) is 0 Å². The van der Waals surface area contributed by atoms with Crippen molar-refractivity contribution in [2.45, 2.75) is 44.7 Å². The van der Waals surface area contributed by atoms with E-state index in [0.717, 1.165) is 66.2 Å². The number of methoxy groups -OCH3 is 1. The number of fused-ring (bicyclic) bond motifs is 1. The van der Waals surface area contributed by atoms with Gasteiger partial charge in [-0.15, -0.1) is 13.1 Å². The molecule has 188 valence electrons. The molecule has 0 fully saturated rings. The molecule has 0 bridgehead atoms. The quantitative estimate of drug-likeness (QED) is 0.366. The van der Waals surface area contributed by atoms with Gasteiger partial charge in [-0.2, -0.15) is 4.98 Å². The SMILES string of the molecule is CCN(CC)CCCS(=O)c1nc(Nc2c(-c3ccnc(OC)c3)ccc3c2CCC3)nn1SF. The lowest BCUT2D eigenvalue weighted by Gasteiger charge is -2.17. The highest BCUT2D eigenvalue weighted by Gasteiger charge is 2.23. The fourth-order valence-corrected chi connectivity index (χ4v) is 5.94. The Morgan fingerprint density at radius 3 is 2.83 bits per heavy atom. The maximum absolute atomic E-state index is 13.7. The lowest BCUT2D eigenvalue weighted by Crippen LogP contribution is -2.25. The fraction of sp³-hybridized carbons (Fsp3) is 0.458. The van der Waals surface area contributed by atoms with Crippen molar-refractivity contribution in [2.75, 3.05) is 37.8 Å². The van der Waals surface area contributed by atoms with Crippen LogP contribution in [0.1, 0.15) is 37.8 Å². The summed E-state index contributed by atoms with van der Waals surface area (Å²) >= 11 is -0.0903. The van der Waals surface area contributed by atoms with E-state index >= 15 is 0 Å². The second-order valence-corrected chi connectivity index (χ2v) is 10.2. The summed E-state index contributed by atoms with van der Waals surface area (Å²) in [5, 5.41) is 7.71. The Bertz CT molecular complexity index is 1180. The molecule has 0 radical (unpaired) electrons. The minimum Gasteiger partial charge on any atom is -0.481 e. The summed E-state index contributed by atoms with van der Waals surface area (Å²) < 4.78 is 32.9. The largest absolute Gasteiger partial charge is 0.481 e. The number of aromatic nitrogens is 4. The van der Waals surface area contributed by atoms with Gasteiger partial charge in [0.25, 0.3) is 0 Å². The van der Waals surface area contributed by atoms with E-state index in [1.165, 1.54) is 11.1 Å². The maximum atomic E-state index is 13.7. The molecule has 1 unspecified atom stereocenters. The first-order valence-electron chi connectivity index (χ1n) is 11.9. The molecule has 35 heavy (non-hydrogen) atoms. The summed E-state index contributed by atoms with van der Waals surface area (Å²) in [4.78, 5) is 10.9. The number of rotatable bonds is 12. The lowest BCUT2D eigenvalue weighted by atomic mass is 9.98. The molecule has 2 heterocycles. The number of nitrogens with zero attached hydrogens (tertiary/aromatic N) is 5. The van der Waals surface area contributed by atoms with Gasteiger partial charge in [0.2, 0.25) is 17.0 Å². The monoisotopic (exact) mass is 518 g/mol. The minimum atomic E-state index is -1.46. The number of benzene rings is 1. The van der Waals surface area contributed by atoms with Gasteiger partial charge in [-0.3, -0.25) is 4.21 Å². The van der Waals surface area contributed by atoms with Crippen LogP contribution in [0.5, 0.6) is 5.88 Å². The molecular formula is C24H31FN6O2S2. The Balaban J connectivity index is 1.61. The topological polar surface area (TPSA) is 85.2 Å². The summed E-state index contributed by atoms with van der Waals surface area (Å²) in [6, 6.07) is 8.01. The molecule has 8 nitrogen and oxygen atoms in total. The van der Waals surface area contributed by atoms with Crippen LogP contribution in [0.4, 0.5) is 15.5 Å². The molecule has 0 saturated carbocycles. The Hall–Kier alpha value is -2.50. The Morgan fingerprint density at radius 2 is 2.09 bits per heavy atom. The summed E-state index contributed by atoms with van der Waals surface area (Å²) in [6.07, 6.45) is 5.44. The van der Waals surface area contributed by atoms with Gasteiger partial charge in [-0.05, 0) is 68.1 Å². The van der Waals surface area contributed by atoms with Gasteiger partial charge in [0, 0.05) is 23.6 Å². The third kappa shape index (κ3) is 5.84. The normalized spacial score (nSPS) is 13.7. The van der Waals surface area contributed by atoms with Crippen molar-refractivity contribution in [3.8, 4) is 17.0 Å². The van der Waals surface area contributed by atoms with Crippen molar-refractivity contribution < 1.29 is 12.8 Å². The van der Waals surface area contributed by atoms with Gasteiger partial charge in [0.15, 0.2) is 12.3 Å². The van der Waals surface area contributed by atoms with E-state index < -0.39 is 10.8 Å². The molecule has 0 saturated heterocycles. The molecule has 1 aliphatic rings. The number of anilines is 2. The minimum absolute atomic E-state index is 0.0903. The first-order chi connectivity index (χ1) is 17.1. The molecule has 1 N–H and O–H groups in total. The molecule has 0 spiro atoms. The van der Waals surface area contributed by atoms with Gasteiger partial charge in [-0.25, -0.2) is 4.98 Å². The third-order valence-corrected chi connectivity index (χ3v) is 8.12. The summed E-state index contributed by atoms with van der Waals surface area (Å²) in [5.41, 5.74) is 5.25. The highest BCUT2D eigenvalue weighted by molar-refractivity contribution is 7.93. The molecule has 1 atom stereocenters. The first-order valence-corrected chi connectivity index (χ1v) is 13.9. The predicted molar refractivity (Wildman–Crippen MR) is 139 cm³/mol. The highest BCUT2D eigenvalue weighted by atomic mass is 32.2. The van der Waals surface area contributed by atoms with Crippen molar-refractivity contribution in [3.05, 3.63) is 41.6 Å². The van der Waals surface area contributed by atoms with Crippen molar-refractivity contribution in [3.63, 3.8) is 0 Å². The van der Waals surface area contributed by atoms with Crippen molar-refractivity contribution in [1.82, 2.24) is 24.1 Å². The average molecular weight is 519 g/mol. The van der Waals surface area contributed by atoms with Crippen molar-refractivity contribution >= 4 is 34.8 Å². The number of hydrogen-bond acceptors (Lipinski definition) is 8. The van der Waals surface area contributed by atoms with Crippen LogP contribution in [0.15, 0.2) is 35.6 Å². The summed E-state index contributed by atoms with van der Waals surface area (Å²) in [5.74, 6) is 1.15. The van der Waals surface area contributed by atoms with Gasteiger partial charge in [0.05, 0.1) is 23.6 Å². The highest BCUT2D eigenvalue weighted by Crippen LogP contribution is 2.39. The van der Waals surface area contributed by atoms with Crippen LogP contribution in [0.25, 0.3) is 11.1 Å². The maximum Gasteiger partial charge on any atom is 0.248 e. The predicted octanol–water partition coefficient (Wildman–Crippen LogP) is 4.80. The Labute approximate surface area is 212 Å². The van der Waals surface area contributed by atoms with E-state index in [1.807, 2.05) is 12.1 Å². The van der Waals surface area contributed by atoms with E-state index in [-0.39, 0.29) is 23.4 Å². The molecule has 1 aromatic carbocycles.